The second-order valence-corrected chi connectivity index (χ2v) is 7.02. The maximum atomic E-state index is 12.9. The number of rotatable bonds is 7. The monoisotopic (exact) mass is 346 g/mol. The first kappa shape index (κ1) is 19.4. The quantitative estimate of drug-likeness (QED) is 0.817. The van der Waals surface area contributed by atoms with Gasteiger partial charge in [0.2, 0.25) is 5.91 Å². The van der Waals surface area contributed by atoms with Crippen molar-refractivity contribution in [1.29, 1.82) is 0 Å². The summed E-state index contributed by atoms with van der Waals surface area (Å²) in [7, 11) is 0. The molecule has 25 heavy (non-hydrogen) atoms. The van der Waals surface area contributed by atoms with Gasteiger partial charge in [0.15, 0.2) is 0 Å². The van der Waals surface area contributed by atoms with Gasteiger partial charge in [0, 0.05) is 44.6 Å². The van der Waals surface area contributed by atoms with Gasteiger partial charge in [-0.1, -0.05) is 13.8 Å². The molecule has 1 aliphatic rings. The molecule has 6 heteroatoms. The first-order valence-corrected chi connectivity index (χ1v) is 9.19. The highest BCUT2D eigenvalue weighted by atomic mass is 16.2. The molecule has 0 aromatic carbocycles. The van der Waals surface area contributed by atoms with Crippen molar-refractivity contribution in [2.45, 2.75) is 46.2 Å². The van der Waals surface area contributed by atoms with Gasteiger partial charge in [-0.2, -0.15) is 0 Å². The predicted molar refractivity (Wildman–Crippen MR) is 98.2 cm³/mol. The lowest BCUT2D eigenvalue weighted by Crippen LogP contribution is -2.46. The van der Waals surface area contributed by atoms with E-state index in [1.807, 2.05) is 18.7 Å². The van der Waals surface area contributed by atoms with E-state index in [0.29, 0.717) is 37.5 Å². The fourth-order valence-corrected chi connectivity index (χ4v) is 3.45. The van der Waals surface area contributed by atoms with Crippen LogP contribution in [0, 0.1) is 5.92 Å². The number of likely N-dealkylation sites (tertiary alicyclic amines) is 1. The van der Waals surface area contributed by atoms with E-state index in [9.17, 15) is 9.59 Å². The number of carbonyl (C=O) groups is 2. The molecule has 2 atom stereocenters. The molecule has 0 saturated carbocycles. The SMILES string of the molecule is CCN(CC)C(=O)[C@@H]1C[C@@H](NC(=O)c2cccnc2)CN1CC(C)C. The predicted octanol–water partition coefficient (Wildman–Crippen LogP) is 1.78. The fourth-order valence-electron chi connectivity index (χ4n) is 3.45. The average molecular weight is 346 g/mol. The molecule has 0 spiro atoms. The van der Waals surface area contributed by atoms with Crippen LogP contribution in [0.25, 0.3) is 0 Å². The molecular formula is C19H30N4O2. The van der Waals surface area contributed by atoms with E-state index in [1.54, 1.807) is 24.5 Å². The van der Waals surface area contributed by atoms with Gasteiger partial charge in [-0.3, -0.25) is 19.5 Å². The van der Waals surface area contributed by atoms with E-state index in [0.717, 1.165) is 6.54 Å². The van der Waals surface area contributed by atoms with Crippen molar-refractivity contribution in [2.24, 2.45) is 5.92 Å². The molecule has 2 heterocycles. The molecule has 0 aliphatic carbocycles. The summed E-state index contributed by atoms with van der Waals surface area (Å²) < 4.78 is 0. The van der Waals surface area contributed by atoms with E-state index in [4.69, 9.17) is 0 Å². The first-order chi connectivity index (χ1) is 12.0. The van der Waals surface area contributed by atoms with E-state index >= 15 is 0 Å². The van der Waals surface area contributed by atoms with Crippen LogP contribution in [0.3, 0.4) is 0 Å². The van der Waals surface area contributed by atoms with E-state index in [2.05, 4.69) is 29.0 Å². The third-order valence-electron chi connectivity index (χ3n) is 4.62. The molecular weight excluding hydrogens is 316 g/mol. The summed E-state index contributed by atoms with van der Waals surface area (Å²) >= 11 is 0. The van der Waals surface area contributed by atoms with Gasteiger partial charge in [-0.25, -0.2) is 0 Å². The van der Waals surface area contributed by atoms with Crippen LogP contribution in [0.4, 0.5) is 0 Å². The summed E-state index contributed by atoms with van der Waals surface area (Å²) in [5.74, 6) is 0.516. The van der Waals surface area contributed by atoms with E-state index in [1.165, 1.54) is 0 Å². The smallest absolute Gasteiger partial charge is 0.253 e. The molecule has 6 nitrogen and oxygen atoms in total. The second-order valence-electron chi connectivity index (χ2n) is 7.02. The largest absolute Gasteiger partial charge is 0.348 e. The minimum atomic E-state index is -0.151. The molecule has 138 valence electrons. The number of nitrogens with zero attached hydrogens (tertiary/aromatic N) is 3. The summed E-state index contributed by atoms with van der Waals surface area (Å²) in [6.45, 7) is 11.3. The zero-order valence-electron chi connectivity index (χ0n) is 15.7. The zero-order chi connectivity index (χ0) is 18.4. The van der Waals surface area contributed by atoms with Crippen molar-refractivity contribution in [3.8, 4) is 0 Å². The van der Waals surface area contributed by atoms with E-state index < -0.39 is 0 Å². The van der Waals surface area contributed by atoms with Gasteiger partial charge < -0.3 is 10.2 Å². The molecule has 0 bridgehead atoms. The number of amides is 2. The first-order valence-electron chi connectivity index (χ1n) is 9.19. The molecule has 1 N–H and O–H groups in total. The molecule has 0 radical (unpaired) electrons. The molecule has 2 amide bonds. The van der Waals surface area contributed by atoms with Gasteiger partial charge in [-0.15, -0.1) is 0 Å². The number of nitrogens with one attached hydrogen (secondary N) is 1. The number of aromatic nitrogens is 1. The van der Waals surface area contributed by atoms with Crippen molar-refractivity contribution in [2.75, 3.05) is 26.2 Å². The Morgan fingerprint density at radius 2 is 2.08 bits per heavy atom. The summed E-state index contributed by atoms with van der Waals surface area (Å²) in [6, 6.07) is 3.33. The minimum absolute atomic E-state index is 0.0176. The number of hydrogen-bond donors (Lipinski definition) is 1. The maximum absolute atomic E-state index is 12.9. The Balaban J connectivity index is 2.07. The van der Waals surface area contributed by atoms with Crippen LogP contribution in [0.5, 0.6) is 0 Å². The topological polar surface area (TPSA) is 65.5 Å². The fraction of sp³-hybridized carbons (Fsp3) is 0.632. The van der Waals surface area contributed by atoms with Gasteiger partial charge in [-0.05, 0) is 38.3 Å². The number of pyridine rings is 1. The zero-order valence-corrected chi connectivity index (χ0v) is 15.7. The standard InChI is InChI=1S/C19H30N4O2/c1-5-22(6-2)19(25)17-10-16(13-23(17)12-14(3)4)21-18(24)15-8-7-9-20-11-15/h7-9,11,14,16-17H,5-6,10,12-13H2,1-4H3,(H,21,24)/t16-,17+/m1/s1. The highest BCUT2D eigenvalue weighted by Gasteiger charge is 2.39. The Kier molecular flexibility index (Phi) is 6.93. The minimum Gasteiger partial charge on any atom is -0.348 e. The van der Waals surface area contributed by atoms with Crippen LogP contribution in [-0.4, -0.2) is 64.9 Å². The van der Waals surface area contributed by atoms with Crippen LogP contribution in [0.2, 0.25) is 0 Å². The number of carbonyl (C=O) groups excluding carboxylic acids is 2. The van der Waals surface area contributed by atoms with Crippen molar-refractivity contribution in [3.63, 3.8) is 0 Å². The van der Waals surface area contributed by atoms with E-state index in [-0.39, 0.29) is 23.9 Å². The Hall–Kier alpha value is -1.95. The molecule has 2 rings (SSSR count). The molecule has 1 saturated heterocycles. The molecule has 1 aliphatic heterocycles. The summed E-state index contributed by atoms with van der Waals surface area (Å²) in [5, 5.41) is 3.07. The van der Waals surface area contributed by atoms with Crippen molar-refractivity contribution in [1.82, 2.24) is 20.1 Å². The second kappa shape index (κ2) is 8.94. The van der Waals surface area contributed by atoms with Crippen LogP contribution < -0.4 is 5.32 Å². The maximum Gasteiger partial charge on any atom is 0.253 e. The highest BCUT2D eigenvalue weighted by molar-refractivity contribution is 5.94. The van der Waals surface area contributed by atoms with Gasteiger partial charge >= 0.3 is 0 Å². The van der Waals surface area contributed by atoms with Crippen LogP contribution >= 0.6 is 0 Å². The summed E-state index contributed by atoms with van der Waals surface area (Å²) in [6.07, 6.45) is 3.87. The highest BCUT2D eigenvalue weighted by Crippen LogP contribution is 2.22. The van der Waals surface area contributed by atoms with Crippen LogP contribution in [-0.2, 0) is 4.79 Å². The van der Waals surface area contributed by atoms with Gasteiger partial charge in [0.1, 0.15) is 0 Å². The Labute approximate surface area is 150 Å². The van der Waals surface area contributed by atoms with Crippen molar-refractivity contribution >= 4 is 11.8 Å². The Morgan fingerprint density at radius 3 is 2.64 bits per heavy atom. The van der Waals surface area contributed by atoms with Crippen molar-refractivity contribution < 1.29 is 9.59 Å². The lowest BCUT2D eigenvalue weighted by atomic mass is 10.1. The third-order valence-corrected chi connectivity index (χ3v) is 4.62. The lowest BCUT2D eigenvalue weighted by molar-refractivity contribution is -0.135. The lowest BCUT2D eigenvalue weighted by Gasteiger charge is -2.29. The Bertz CT molecular complexity index is 572. The summed E-state index contributed by atoms with van der Waals surface area (Å²) in [5.41, 5.74) is 0.552. The van der Waals surface area contributed by atoms with Gasteiger partial charge in [0.05, 0.1) is 11.6 Å². The average Bonchev–Trinajstić information content (AvgIpc) is 2.98. The van der Waals surface area contributed by atoms with Crippen molar-refractivity contribution in [3.05, 3.63) is 30.1 Å². The van der Waals surface area contributed by atoms with Crippen LogP contribution in [0.1, 0.15) is 44.5 Å². The molecule has 0 unspecified atom stereocenters. The molecule has 1 aromatic heterocycles. The number of hydrogen-bond acceptors (Lipinski definition) is 4. The third kappa shape index (κ3) is 5.01. The molecule has 1 aromatic rings. The number of likely N-dealkylation sites (N-methyl/N-ethyl adjacent to an activating group) is 1. The summed E-state index contributed by atoms with van der Waals surface area (Å²) in [4.78, 5) is 33.3. The van der Waals surface area contributed by atoms with Crippen LogP contribution in [0.15, 0.2) is 24.5 Å². The van der Waals surface area contributed by atoms with Gasteiger partial charge in [0.25, 0.3) is 5.91 Å². The molecule has 1 fully saturated rings. The Morgan fingerprint density at radius 1 is 1.36 bits per heavy atom. The normalized spacial score (nSPS) is 20.7.